The Labute approximate surface area is 209 Å². The molecule has 2 aliphatic carbocycles. The van der Waals surface area contributed by atoms with Gasteiger partial charge in [-0.05, 0) is 44.2 Å². The number of nitrogens with two attached hydrogens (primary N) is 1. The van der Waals surface area contributed by atoms with Crippen LogP contribution in [0.25, 0.3) is 0 Å². The van der Waals surface area contributed by atoms with Crippen LogP contribution in [0, 0.1) is 0 Å². The highest BCUT2D eigenvalue weighted by Gasteiger charge is 2.41. The van der Waals surface area contributed by atoms with Gasteiger partial charge < -0.3 is 20.9 Å². The van der Waals surface area contributed by atoms with Crippen molar-refractivity contribution in [3.8, 4) is 0 Å². The van der Waals surface area contributed by atoms with Crippen molar-refractivity contribution < 1.29 is 23.2 Å². The highest BCUT2D eigenvalue weighted by Crippen LogP contribution is 2.39. The lowest BCUT2D eigenvalue weighted by molar-refractivity contribution is -0.136. The Bertz CT molecular complexity index is 1050. The average molecular weight is 504 g/mol. The Morgan fingerprint density at radius 3 is 2.53 bits per heavy atom. The molecule has 10 heteroatoms. The SMILES string of the molecule is CN(c1ccc2c(c1N)CN(C1CCC(=O)NC1=O)C2=O)C1CCCCC1NC1CCC(F)(F)CC1. The van der Waals surface area contributed by atoms with Gasteiger partial charge in [-0.1, -0.05) is 12.8 Å². The molecule has 4 N–H and O–H groups in total. The van der Waals surface area contributed by atoms with Gasteiger partial charge in [0.05, 0.1) is 11.4 Å². The predicted octanol–water partition coefficient (Wildman–Crippen LogP) is 2.94. The second kappa shape index (κ2) is 9.61. The standard InChI is InChI=1S/C26H35F2N5O3/c1-32(19-5-3-2-4-18(19)30-15-10-12-26(27,28)13-11-15)20-7-6-16-17(23(20)29)14-33(25(16)36)21-8-9-22(34)31-24(21)35/h6-7,15,18-19,21,30H,2-5,8-14,29H2,1H3,(H,31,34,35). The van der Waals surface area contributed by atoms with Crippen LogP contribution >= 0.6 is 0 Å². The number of carbonyl (C=O) groups is 3. The Kier molecular flexibility index (Phi) is 6.65. The van der Waals surface area contributed by atoms with Crippen molar-refractivity contribution in [2.75, 3.05) is 17.7 Å². The quantitative estimate of drug-likeness (QED) is 0.421. The van der Waals surface area contributed by atoms with Gasteiger partial charge in [-0.15, -0.1) is 0 Å². The van der Waals surface area contributed by atoms with Crippen molar-refractivity contribution in [3.63, 3.8) is 0 Å². The van der Waals surface area contributed by atoms with Gasteiger partial charge in [0.1, 0.15) is 6.04 Å². The molecule has 196 valence electrons. The first-order chi connectivity index (χ1) is 17.1. The number of hydrogen-bond donors (Lipinski definition) is 3. The van der Waals surface area contributed by atoms with Crippen LogP contribution in [0.4, 0.5) is 20.2 Å². The summed E-state index contributed by atoms with van der Waals surface area (Å²) in [7, 11) is 2.01. The first-order valence-electron chi connectivity index (χ1n) is 13.1. The number of piperidine rings is 1. The lowest BCUT2D eigenvalue weighted by atomic mass is 9.86. The van der Waals surface area contributed by atoms with Crippen molar-refractivity contribution in [1.29, 1.82) is 0 Å². The number of nitrogens with zero attached hydrogens (tertiary/aromatic N) is 2. The lowest BCUT2D eigenvalue weighted by Gasteiger charge is -2.42. The number of carbonyl (C=O) groups excluding carboxylic acids is 3. The van der Waals surface area contributed by atoms with Crippen molar-refractivity contribution in [1.82, 2.24) is 15.5 Å². The lowest BCUT2D eigenvalue weighted by Crippen LogP contribution is -2.54. The van der Waals surface area contributed by atoms with E-state index in [4.69, 9.17) is 5.73 Å². The molecule has 3 atom stereocenters. The molecule has 1 aromatic rings. The van der Waals surface area contributed by atoms with Crippen LogP contribution in [-0.4, -0.2) is 59.8 Å². The number of benzene rings is 1. The van der Waals surface area contributed by atoms with Crippen LogP contribution in [0.2, 0.25) is 0 Å². The number of likely N-dealkylation sites (N-methyl/N-ethyl adjacent to an activating group) is 1. The van der Waals surface area contributed by atoms with E-state index >= 15 is 0 Å². The van der Waals surface area contributed by atoms with Gasteiger partial charge in [-0.3, -0.25) is 19.7 Å². The van der Waals surface area contributed by atoms with E-state index in [2.05, 4.69) is 15.5 Å². The smallest absolute Gasteiger partial charge is 0.255 e. The molecule has 5 rings (SSSR count). The number of fused-ring (bicyclic) bond motifs is 1. The average Bonchev–Trinajstić information content (AvgIpc) is 3.18. The number of rotatable bonds is 5. The summed E-state index contributed by atoms with van der Waals surface area (Å²) in [5, 5.41) is 6.01. The second-order valence-corrected chi connectivity index (χ2v) is 10.8. The molecule has 2 heterocycles. The van der Waals surface area contributed by atoms with Crippen LogP contribution in [0.1, 0.15) is 80.1 Å². The maximum atomic E-state index is 13.6. The third kappa shape index (κ3) is 4.67. The van der Waals surface area contributed by atoms with Crippen molar-refractivity contribution >= 4 is 29.1 Å². The molecular weight excluding hydrogens is 468 g/mol. The van der Waals surface area contributed by atoms with Crippen LogP contribution in [0.3, 0.4) is 0 Å². The van der Waals surface area contributed by atoms with Crippen LogP contribution in [0.15, 0.2) is 12.1 Å². The van der Waals surface area contributed by atoms with E-state index in [1.807, 2.05) is 13.1 Å². The predicted molar refractivity (Wildman–Crippen MR) is 132 cm³/mol. The van der Waals surface area contributed by atoms with E-state index in [0.717, 1.165) is 31.4 Å². The molecule has 0 bridgehead atoms. The zero-order valence-electron chi connectivity index (χ0n) is 20.7. The molecule has 1 saturated heterocycles. The molecule has 3 amide bonds. The normalized spacial score (nSPS) is 28.7. The maximum absolute atomic E-state index is 13.6. The molecule has 3 unspecified atom stereocenters. The molecule has 2 aliphatic heterocycles. The van der Waals surface area contributed by atoms with Crippen molar-refractivity contribution in [3.05, 3.63) is 23.3 Å². The van der Waals surface area contributed by atoms with Gasteiger partial charge in [0.2, 0.25) is 17.7 Å². The molecule has 1 aromatic carbocycles. The largest absolute Gasteiger partial charge is 0.397 e. The number of anilines is 2. The number of nitrogen functional groups attached to an aromatic ring is 1. The summed E-state index contributed by atoms with van der Waals surface area (Å²) in [6, 6.07) is 3.39. The molecule has 4 aliphatic rings. The third-order valence-corrected chi connectivity index (χ3v) is 8.51. The van der Waals surface area contributed by atoms with E-state index in [1.165, 1.54) is 4.90 Å². The van der Waals surface area contributed by atoms with Crippen LogP contribution in [0.5, 0.6) is 0 Å². The Morgan fingerprint density at radius 2 is 1.81 bits per heavy atom. The van der Waals surface area contributed by atoms with Crippen molar-refractivity contribution in [2.24, 2.45) is 0 Å². The molecule has 0 spiro atoms. The van der Waals surface area contributed by atoms with Gasteiger partial charge in [-0.25, -0.2) is 8.78 Å². The number of amides is 3. The van der Waals surface area contributed by atoms with Crippen molar-refractivity contribution in [2.45, 2.75) is 101 Å². The van der Waals surface area contributed by atoms with Gasteiger partial charge in [-0.2, -0.15) is 0 Å². The Morgan fingerprint density at radius 1 is 1.08 bits per heavy atom. The minimum absolute atomic E-state index is 0.0621. The summed E-state index contributed by atoms with van der Waals surface area (Å²) in [5.41, 5.74) is 9.20. The van der Waals surface area contributed by atoms with Crippen LogP contribution < -0.4 is 21.3 Å². The molecule has 3 fully saturated rings. The summed E-state index contributed by atoms with van der Waals surface area (Å²) in [6.07, 6.45) is 5.49. The highest BCUT2D eigenvalue weighted by atomic mass is 19.3. The molecule has 2 saturated carbocycles. The second-order valence-electron chi connectivity index (χ2n) is 10.8. The number of nitrogens with one attached hydrogen (secondary N) is 2. The third-order valence-electron chi connectivity index (χ3n) is 8.51. The van der Waals surface area contributed by atoms with Gasteiger partial charge in [0.15, 0.2) is 0 Å². The topological polar surface area (TPSA) is 108 Å². The maximum Gasteiger partial charge on any atom is 0.255 e. The Balaban J connectivity index is 1.32. The molecule has 8 nitrogen and oxygen atoms in total. The monoisotopic (exact) mass is 503 g/mol. The summed E-state index contributed by atoms with van der Waals surface area (Å²) in [5.74, 6) is -3.55. The summed E-state index contributed by atoms with van der Waals surface area (Å²) < 4.78 is 27.3. The van der Waals surface area contributed by atoms with Gasteiger partial charge in [0.25, 0.3) is 5.91 Å². The zero-order chi connectivity index (χ0) is 25.6. The number of hydrogen-bond acceptors (Lipinski definition) is 6. The minimum atomic E-state index is -2.54. The fraction of sp³-hybridized carbons (Fsp3) is 0.654. The van der Waals surface area contributed by atoms with E-state index in [-0.39, 0.29) is 55.7 Å². The van der Waals surface area contributed by atoms with Gasteiger partial charge in [0, 0.05) is 62.1 Å². The first-order valence-corrected chi connectivity index (χ1v) is 13.1. The van der Waals surface area contributed by atoms with Crippen LogP contribution in [-0.2, 0) is 16.1 Å². The van der Waals surface area contributed by atoms with Gasteiger partial charge >= 0.3 is 0 Å². The molecule has 36 heavy (non-hydrogen) atoms. The zero-order valence-corrected chi connectivity index (χ0v) is 20.7. The van der Waals surface area contributed by atoms with E-state index in [9.17, 15) is 23.2 Å². The summed E-state index contributed by atoms with van der Waals surface area (Å²) in [4.78, 5) is 40.7. The van der Waals surface area contributed by atoms with E-state index in [0.29, 0.717) is 36.1 Å². The summed E-state index contributed by atoms with van der Waals surface area (Å²) in [6.45, 7) is 0.233. The highest BCUT2D eigenvalue weighted by molar-refractivity contribution is 6.06. The Hall–Kier alpha value is -2.75. The minimum Gasteiger partial charge on any atom is -0.397 e. The first kappa shape index (κ1) is 24.9. The number of alkyl halides is 2. The molecule has 0 aromatic heterocycles. The number of halogens is 2. The summed E-state index contributed by atoms with van der Waals surface area (Å²) >= 11 is 0. The van der Waals surface area contributed by atoms with E-state index < -0.39 is 17.9 Å². The fourth-order valence-electron chi connectivity index (χ4n) is 6.42. The van der Waals surface area contributed by atoms with E-state index in [1.54, 1.807) is 6.07 Å². The number of imide groups is 1. The molecule has 0 radical (unpaired) electrons. The molecular formula is C26H35F2N5O3. The fourth-order valence-corrected chi connectivity index (χ4v) is 6.42.